The van der Waals surface area contributed by atoms with E-state index in [1.807, 2.05) is 54.6 Å². The van der Waals surface area contributed by atoms with Crippen LogP contribution in [0.25, 0.3) is 33.2 Å². The minimum atomic E-state index is -0.530. The maximum atomic E-state index is 12.5. The van der Waals surface area contributed by atoms with Crippen molar-refractivity contribution in [3.63, 3.8) is 0 Å². The number of hydrogen-bond acceptors (Lipinski definition) is 10. The van der Waals surface area contributed by atoms with Gasteiger partial charge in [0.2, 0.25) is 0 Å². The van der Waals surface area contributed by atoms with Crippen molar-refractivity contribution in [1.82, 2.24) is 19.7 Å². The van der Waals surface area contributed by atoms with Gasteiger partial charge in [0, 0.05) is 35.2 Å². The van der Waals surface area contributed by atoms with Crippen LogP contribution in [0.1, 0.15) is 33.6 Å². The summed E-state index contributed by atoms with van der Waals surface area (Å²) in [6, 6.07) is 17.0. The third-order valence-electron chi connectivity index (χ3n) is 6.73. The highest BCUT2D eigenvalue weighted by molar-refractivity contribution is 5.96. The summed E-state index contributed by atoms with van der Waals surface area (Å²) >= 11 is 0. The largest absolute Gasteiger partial charge is 0.494 e. The van der Waals surface area contributed by atoms with Gasteiger partial charge in [0.25, 0.3) is 0 Å². The molecule has 5 rings (SSSR count). The molecule has 0 saturated carbocycles. The highest BCUT2D eigenvalue weighted by atomic mass is 16.6. The van der Waals surface area contributed by atoms with Gasteiger partial charge < -0.3 is 29.0 Å². The third kappa shape index (κ3) is 7.00. The molecule has 0 aliphatic rings. The van der Waals surface area contributed by atoms with Gasteiger partial charge in [0.1, 0.15) is 18.2 Å². The Labute approximate surface area is 256 Å². The van der Waals surface area contributed by atoms with Crippen molar-refractivity contribution in [2.75, 3.05) is 39.4 Å². The maximum Gasteiger partial charge on any atom is 0.435 e. The molecule has 0 amide bonds. The number of benzene rings is 3. The molecule has 0 saturated heterocycles. The number of nitrogens with one attached hydrogen (secondary N) is 1. The van der Waals surface area contributed by atoms with Crippen LogP contribution in [0.15, 0.2) is 60.8 Å². The SMILES string of the molecule is CCCCOc1cccc(-c2nc(Nc3ccc4c(cnn4C(=O)OC(C)C)c3)c3cc(OCCOC)c(OC)cc3n2)c1. The lowest BCUT2D eigenvalue weighted by Gasteiger charge is -2.16. The summed E-state index contributed by atoms with van der Waals surface area (Å²) in [7, 11) is 3.21. The van der Waals surface area contributed by atoms with Crippen LogP contribution in [0.5, 0.6) is 17.2 Å². The molecule has 2 heterocycles. The van der Waals surface area contributed by atoms with Crippen molar-refractivity contribution in [3.8, 4) is 28.6 Å². The van der Waals surface area contributed by atoms with Crippen LogP contribution in [0.4, 0.5) is 16.3 Å². The number of hydrogen-bond donors (Lipinski definition) is 1. The molecule has 3 aromatic carbocycles. The van der Waals surface area contributed by atoms with Gasteiger partial charge in [-0.1, -0.05) is 25.5 Å². The Kier molecular flexibility index (Phi) is 9.75. The number of anilines is 2. The number of unbranched alkanes of at least 4 members (excludes halogenated alkanes) is 1. The first kappa shape index (κ1) is 30.6. The lowest BCUT2D eigenvalue weighted by molar-refractivity contribution is 0.115. The van der Waals surface area contributed by atoms with E-state index in [1.54, 1.807) is 34.3 Å². The minimum absolute atomic E-state index is 0.256. The molecule has 230 valence electrons. The van der Waals surface area contributed by atoms with E-state index in [0.29, 0.717) is 54.0 Å². The van der Waals surface area contributed by atoms with Crippen molar-refractivity contribution in [2.24, 2.45) is 0 Å². The Morgan fingerprint density at radius 2 is 1.82 bits per heavy atom. The van der Waals surface area contributed by atoms with Gasteiger partial charge in [-0.15, -0.1) is 0 Å². The number of aromatic nitrogens is 4. The Hall–Kier alpha value is -4.90. The van der Waals surface area contributed by atoms with Gasteiger partial charge in [0.15, 0.2) is 17.3 Å². The summed E-state index contributed by atoms with van der Waals surface area (Å²) in [5.74, 6) is 2.92. The summed E-state index contributed by atoms with van der Waals surface area (Å²) in [5, 5.41) is 9.18. The van der Waals surface area contributed by atoms with Crippen LogP contribution in [-0.2, 0) is 9.47 Å². The first-order valence-electron chi connectivity index (χ1n) is 14.6. The van der Waals surface area contributed by atoms with Crippen LogP contribution in [0, 0.1) is 0 Å². The number of methoxy groups -OCH3 is 2. The smallest absolute Gasteiger partial charge is 0.435 e. The van der Waals surface area contributed by atoms with E-state index in [0.717, 1.165) is 40.6 Å². The summed E-state index contributed by atoms with van der Waals surface area (Å²) in [5.41, 5.74) is 2.85. The van der Waals surface area contributed by atoms with Gasteiger partial charge in [-0.05, 0) is 56.7 Å². The molecule has 11 heteroatoms. The number of fused-ring (bicyclic) bond motifs is 2. The van der Waals surface area contributed by atoms with Gasteiger partial charge in [-0.2, -0.15) is 9.78 Å². The predicted octanol–water partition coefficient (Wildman–Crippen LogP) is 7.00. The number of carbonyl (C=O) groups excluding carboxylic acids is 1. The van der Waals surface area contributed by atoms with E-state index in [-0.39, 0.29) is 6.10 Å². The summed E-state index contributed by atoms with van der Waals surface area (Å²) < 4.78 is 29.3. The number of rotatable bonds is 13. The summed E-state index contributed by atoms with van der Waals surface area (Å²) in [4.78, 5) is 22.4. The van der Waals surface area contributed by atoms with Crippen molar-refractivity contribution in [1.29, 1.82) is 0 Å². The molecule has 0 atom stereocenters. The molecule has 44 heavy (non-hydrogen) atoms. The standard InChI is InChI=1S/C33H37N5O6/c1-6-7-13-42-25-10-8-9-22(17-25)31-36-27-19-29(41-5)30(43-15-14-40-4)18-26(27)32(37-31)35-24-11-12-28-23(16-24)20-34-38(28)33(39)44-21(2)3/h8-12,16-21H,6-7,13-15H2,1-5H3,(H,35,36,37). The fraction of sp³-hybridized carbons (Fsp3) is 0.333. The Balaban J connectivity index is 1.57. The van der Waals surface area contributed by atoms with Crippen LogP contribution in [-0.4, -0.2) is 66.0 Å². The molecule has 0 aliphatic carbocycles. The van der Waals surface area contributed by atoms with Crippen LogP contribution < -0.4 is 19.5 Å². The first-order valence-corrected chi connectivity index (χ1v) is 14.6. The van der Waals surface area contributed by atoms with Gasteiger partial charge in [-0.25, -0.2) is 14.8 Å². The van der Waals surface area contributed by atoms with Crippen molar-refractivity contribution in [3.05, 3.63) is 60.8 Å². The summed E-state index contributed by atoms with van der Waals surface area (Å²) in [6.45, 7) is 7.14. The molecule has 1 N–H and O–H groups in total. The minimum Gasteiger partial charge on any atom is -0.494 e. The lowest BCUT2D eigenvalue weighted by Crippen LogP contribution is -2.18. The molecule has 0 radical (unpaired) electrons. The molecule has 0 bridgehead atoms. The van der Waals surface area contributed by atoms with E-state index in [9.17, 15) is 4.79 Å². The fourth-order valence-electron chi connectivity index (χ4n) is 4.57. The molecule has 0 aliphatic heterocycles. The maximum absolute atomic E-state index is 12.5. The molecule has 0 unspecified atom stereocenters. The van der Waals surface area contributed by atoms with Gasteiger partial charge >= 0.3 is 6.09 Å². The Morgan fingerprint density at radius 3 is 2.59 bits per heavy atom. The average Bonchev–Trinajstić information content (AvgIpc) is 3.44. The second-order valence-corrected chi connectivity index (χ2v) is 10.4. The van der Waals surface area contributed by atoms with Crippen molar-refractivity contribution in [2.45, 2.75) is 39.7 Å². The van der Waals surface area contributed by atoms with Crippen LogP contribution >= 0.6 is 0 Å². The van der Waals surface area contributed by atoms with Crippen molar-refractivity contribution >= 4 is 39.4 Å². The second kappa shape index (κ2) is 14.0. The Bertz CT molecular complexity index is 1750. The molecular weight excluding hydrogens is 562 g/mol. The quantitative estimate of drug-likeness (QED) is 0.142. The van der Waals surface area contributed by atoms with Crippen LogP contribution in [0.2, 0.25) is 0 Å². The topological polar surface area (TPSA) is 119 Å². The van der Waals surface area contributed by atoms with Gasteiger partial charge in [-0.3, -0.25) is 0 Å². The fourth-order valence-corrected chi connectivity index (χ4v) is 4.57. The van der Waals surface area contributed by atoms with E-state index < -0.39 is 6.09 Å². The normalized spacial score (nSPS) is 11.2. The molecule has 5 aromatic rings. The zero-order chi connectivity index (χ0) is 31.1. The first-order chi connectivity index (χ1) is 21.4. The number of ether oxygens (including phenoxy) is 5. The van der Waals surface area contributed by atoms with E-state index in [4.69, 9.17) is 33.7 Å². The van der Waals surface area contributed by atoms with Crippen molar-refractivity contribution < 1.29 is 28.5 Å². The van der Waals surface area contributed by atoms with Crippen LogP contribution in [0.3, 0.4) is 0 Å². The van der Waals surface area contributed by atoms with E-state index >= 15 is 0 Å². The zero-order valence-electron chi connectivity index (χ0n) is 25.6. The lowest BCUT2D eigenvalue weighted by atomic mass is 10.1. The third-order valence-corrected chi connectivity index (χ3v) is 6.73. The Morgan fingerprint density at radius 1 is 0.955 bits per heavy atom. The summed E-state index contributed by atoms with van der Waals surface area (Å²) in [6.07, 6.45) is 2.87. The molecule has 0 fully saturated rings. The number of nitrogens with zero attached hydrogens (tertiary/aromatic N) is 4. The second-order valence-electron chi connectivity index (χ2n) is 10.4. The zero-order valence-corrected chi connectivity index (χ0v) is 25.6. The monoisotopic (exact) mass is 599 g/mol. The highest BCUT2D eigenvalue weighted by Crippen LogP contribution is 2.37. The molecule has 11 nitrogen and oxygen atoms in total. The molecule has 0 spiro atoms. The highest BCUT2D eigenvalue weighted by Gasteiger charge is 2.17. The molecule has 2 aromatic heterocycles. The van der Waals surface area contributed by atoms with Gasteiger partial charge in [0.05, 0.1) is 43.7 Å². The number of carbonyl (C=O) groups is 1. The molecular formula is C33H37N5O6. The predicted molar refractivity (Wildman–Crippen MR) is 169 cm³/mol. The average molecular weight is 600 g/mol. The van der Waals surface area contributed by atoms with E-state index in [1.165, 1.54) is 4.68 Å². The van der Waals surface area contributed by atoms with E-state index in [2.05, 4.69) is 17.3 Å².